The third kappa shape index (κ3) is 3.08. The van der Waals surface area contributed by atoms with Crippen molar-refractivity contribution in [3.05, 3.63) is 0 Å². The molecule has 0 unspecified atom stereocenters. The molecule has 1 heterocycles. The molecule has 5 heteroatoms. The maximum Gasteiger partial charge on any atom is 0.306 e. The molecule has 2 aliphatic rings. The Morgan fingerprint density at radius 1 is 1.53 bits per heavy atom. The van der Waals surface area contributed by atoms with E-state index in [0.717, 1.165) is 0 Å². The minimum Gasteiger partial charge on any atom is -0.466 e. The molecule has 1 saturated heterocycles. The normalized spacial score (nSPS) is 38.3. The predicted molar refractivity (Wildman–Crippen MR) is 67.3 cm³/mol. The fourth-order valence-corrected chi connectivity index (χ4v) is 3.39. The van der Waals surface area contributed by atoms with Gasteiger partial charge in [-0.25, -0.2) is 0 Å². The molecule has 0 aromatic rings. The maximum absolute atomic E-state index is 11.7. The molecule has 1 N–H and O–H groups in total. The van der Waals surface area contributed by atoms with E-state index < -0.39 is 11.2 Å². The van der Waals surface area contributed by atoms with Crippen LogP contribution in [0, 0.1) is 5.92 Å². The summed E-state index contributed by atoms with van der Waals surface area (Å²) in [6.45, 7) is 3.90. The molecular weight excluding hydrogens is 248 g/mol. The van der Waals surface area contributed by atoms with E-state index in [0.29, 0.717) is 38.7 Å². The van der Waals surface area contributed by atoms with Gasteiger partial charge < -0.3 is 14.6 Å². The third-order valence-corrected chi connectivity index (χ3v) is 4.24. The standard InChI is InChI=1S/C14H22O5/c1-3-18-12(16)8-10-4-6-13(2,17)9-14(10)7-5-11(15)19-14/h10,17H,3-9H2,1-2H3/t10-,13+,14+/m0/s1. The van der Waals surface area contributed by atoms with Crippen molar-refractivity contribution in [2.24, 2.45) is 5.92 Å². The van der Waals surface area contributed by atoms with Crippen LogP contribution in [0.4, 0.5) is 0 Å². The summed E-state index contributed by atoms with van der Waals surface area (Å²) < 4.78 is 10.5. The quantitative estimate of drug-likeness (QED) is 0.788. The lowest BCUT2D eigenvalue weighted by atomic mass is 9.67. The Morgan fingerprint density at radius 2 is 2.26 bits per heavy atom. The Labute approximate surface area is 113 Å². The monoisotopic (exact) mass is 270 g/mol. The molecule has 5 nitrogen and oxygen atoms in total. The highest BCUT2D eigenvalue weighted by molar-refractivity contribution is 5.73. The van der Waals surface area contributed by atoms with Crippen molar-refractivity contribution < 1.29 is 24.2 Å². The molecule has 19 heavy (non-hydrogen) atoms. The van der Waals surface area contributed by atoms with E-state index in [1.807, 2.05) is 0 Å². The molecule has 108 valence electrons. The van der Waals surface area contributed by atoms with Crippen molar-refractivity contribution in [3.8, 4) is 0 Å². The summed E-state index contributed by atoms with van der Waals surface area (Å²) in [4.78, 5) is 23.1. The van der Waals surface area contributed by atoms with Crippen LogP contribution in [0.15, 0.2) is 0 Å². The van der Waals surface area contributed by atoms with Crippen LogP contribution in [0.3, 0.4) is 0 Å². The van der Waals surface area contributed by atoms with Gasteiger partial charge >= 0.3 is 11.9 Å². The largest absolute Gasteiger partial charge is 0.466 e. The summed E-state index contributed by atoms with van der Waals surface area (Å²) in [5, 5.41) is 10.2. The van der Waals surface area contributed by atoms with Crippen molar-refractivity contribution in [1.82, 2.24) is 0 Å². The van der Waals surface area contributed by atoms with Crippen molar-refractivity contribution in [2.75, 3.05) is 6.61 Å². The molecule has 0 bridgehead atoms. The Bertz CT molecular complexity index is 376. The number of esters is 2. The predicted octanol–water partition coefficient (Wildman–Crippen LogP) is 1.57. The van der Waals surface area contributed by atoms with E-state index in [1.165, 1.54) is 0 Å². The van der Waals surface area contributed by atoms with Gasteiger partial charge in [0, 0.05) is 18.8 Å². The van der Waals surface area contributed by atoms with Crippen molar-refractivity contribution in [3.63, 3.8) is 0 Å². The molecule has 0 radical (unpaired) electrons. The van der Waals surface area contributed by atoms with Crippen molar-refractivity contribution >= 4 is 11.9 Å². The lowest BCUT2D eigenvalue weighted by Crippen LogP contribution is -2.50. The van der Waals surface area contributed by atoms with Gasteiger partial charge in [0.2, 0.25) is 0 Å². The van der Waals surface area contributed by atoms with E-state index in [1.54, 1.807) is 13.8 Å². The molecule has 1 aliphatic carbocycles. The lowest BCUT2D eigenvalue weighted by Gasteiger charge is -2.45. The number of hydrogen-bond acceptors (Lipinski definition) is 5. The van der Waals surface area contributed by atoms with Gasteiger partial charge in [0.25, 0.3) is 0 Å². The summed E-state index contributed by atoms with van der Waals surface area (Å²) >= 11 is 0. The van der Waals surface area contributed by atoms with E-state index in [2.05, 4.69) is 0 Å². The first kappa shape index (κ1) is 14.3. The molecule has 1 saturated carbocycles. The van der Waals surface area contributed by atoms with Gasteiger partial charge in [-0.05, 0) is 33.1 Å². The van der Waals surface area contributed by atoms with Crippen LogP contribution >= 0.6 is 0 Å². The average molecular weight is 270 g/mol. The Hall–Kier alpha value is -1.10. The lowest BCUT2D eigenvalue weighted by molar-refractivity contribution is -0.174. The van der Waals surface area contributed by atoms with E-state index in [4.69, 9.17) is 9.47 Å². The van der Waals surface area contributed by atoms with E-state index >= 15 is 0 Å². The molecular formula is C14H22O5. The molecule has 1 aliphatic heterocycles. The van der Waals surface area contributed by atoms with Gasteiger partial charge in [0.05, 0.1) is 18.6 Å². The first-order valence-corrected chi connectivity index (χ1v) is 6.97. The average Bonchev–Trinajstić information content (AvgIpc) is 2.65. The summed E-state index contributed by atoms with van der Waals surface area (Å²) in [6.07, 6.45) is 2.93. The third-order valence-electron chi connectivity index (χ3n) is 4.24. The van der Waals surface area contributed by atoms with E-state index in [-0.39, 0.29) is 24.3 Å². The van der Waals surface area contributed by atoms with Crippen molar-refractivity contribution in [1.29, 1.82) is 0 Å². The van der Waals surface area contributed by atoms with Crippen LogP contribution in [0.25, 0.3) is 0 Å². The molecule has 0 aromatic carbocycles. The smallest absolute Gasteiger partial charge is 0.306 e. The van der Waals surface area contributed by atoms with Crippen LogP contribution in [0.5, 0.6) is 0 Å². The van der Waals surface area contributed by atoms with Crippen LogP contribution in [0.2, 0.25) is 0 Å². The minimum atomic E-state index is -0.824. The Morgan fingerprint density at radius 3 is 2.84 bits per heavy atom. The second kappa shape index (κ2) is 5.12. The molecule has 2 rings (SSSR count). The number of carbonyl (C=O) groups is 2. The van der Waals surface area contributed by atoms with Gasteiger partial charge in [0.15, 0.2) is 0 Å². The fourth-order valence-electron chi connectivity index (χ4n) is 3.39. The highest BCUT2D eigenvalue weighted by Crippen LogP contribution is 2.48. The van der Waals surface area contributed by atoms with Gasteiger partial charge in [-0.2, -0.15) is 0 Å². The van der Waals surface area contributed by atoms with Gasteiger partial charge in [0.1, 0.15) is 5.60 Å². The van der Waals surface area contributed by atoms with Gasteiger partial charge in [-0.15, -0.1) is 0 Å². The van der Waals surface area contributed by atoms with Gasteiger partial charge in [-0.3, -0.25) is 9.59 Å². The number of hydrogen-bond donors (Lipinski definition) is 1. The summed E-state index contributed by atoms with van der Waals surface area (Å²) in [7, 11) is 0. The summed E-state index contributed by atoms with van der Waals surface area (Å²) in [5.41, 5.74) is -1.50. The number of rotatable bonds is 3. The minimum absolute atomic E-state index is 0.0433. The Balaban J connectivity index is 2.12. The highest BCUT2D eigenvalue weighted by atomic mass is 16.6. The van der Waals surface area contributed by atoms with Crippen LogP contribution in [-0.2, 0) is 19.1 Å². The zero-order valence-electron chi connectivity index (χ0n) is 11.6. The second-order valence-electron chi connectivity index (χ2n) is 5.96. The van der Waals surface area contributed by atoms with Crippen molar-refractivity contribution in [2.45, 2.75) is 63.6 Å². The van der Waals surface area contributed by atoms with Crippen LogP contribution in [0.1, 0.15) is 52.4 Å². The highest BCUT2D eigenvalue weighted by Gasteiger charge is 2.53. The summed E-state index contributed by atoms with van der Waals surface area (Å²) in [5.74, 6) is -0.527. The molecule has 2 fully saturated rings. The topological polar surface area (TPSA) is 72.8 Å². The fraction of sp³-hybridized carbons (Fsp3) is 0.857. The number of aliphatic hydroxyl groups is 1. The number of carbonyl (C=O) groups excluding carboxylic acids is 2. The summed E-state index contributed by atoms with van der Waals surface area (Å²) in [6, 6.07) is 0. The zero-order chi connectivity index (χ0) is 14.1. The van der Waals surface area contributed by atoms with Crippen LogP contribution < -0.4 is 0 Å². The molecule has 3 atom stereocenters. The maximum atomic E-state index is 11.7. The SMILES string of the molecule is CCOC(=O)C[C@@H]1CC[C@@](C)(O)C[C@]12CCC(=O)O2. The first-order chi connectivity index (χ1) is 8.87. The molecule has 0 amide bonds. The second-order valence-corrected chi connectivity index (χ2v) is 5.96. The molecule has 1 spiro atoms. The van der Waals surface area contributed by atoms with Gasteiger partial charge in [-0.1, -0.05) is 0 Å². The Kier molecular flexibility index (Phi) is 3.85. The van der Waals surface area contributed by atoms with E-state index in [9.17, 15) is 14.7 Å². The first-order valence-electron chi connectivity index (χ1n) is 6.97. The zero-order valence-corrected chi connectivity index (χ0v) is 11.6. The number of ether oxygens (including phenoxy) is 2. The molecule has 0 aromatic heterocycles. The van der Waals surface area contributed by atoms with Crippen LogP contribution in [-0.4, -0.2) is 34.9 Å².